The summed E-state index contributed by atoms with van der Waals surface area (Å²) in [7, 11) is 1.34. The monoisotopic (exact) mass is 241 g/mol. The first-order valence-electron chi connectivity index (χ1n) is 4.92. The molecule has 1 aliphatic rings. The first-order valence-corrected chi connectivity index (χ1v) is 5.30. The molecule has 86 valence electrons. The zero-order valence-electron chi connectivity index (χ0n) is 8.74. The smallest absolute Gasteiger partial charge is 0.337 e. The van der Waals surface area contributed by atoms with E-state index in [0.717, 1.165) is 11.1 Å². The summed E-state index contributed by atoms with van der Waals surface area (Å²) in [5.74, 6) is -0.375. The van der Waals surface area contributed by atoms with E-state index in [1.54, 1.807) is 18.2 Å². The third-order valence-corrected chi connectivity index (χ3v) is 3.07. The second kappa shape index (κ2) is 4.41. The fraction of sp³-hybridized carbons (Fsp3) is 0.364. The minimum atomic E-state index is -0.555. The average Bonchev–Trinajstić information content (AvgIpc) is 2.62. The van der Waals surface area contributed by atoms with Crippen LogP contribution in [0.25, 0.3) is 0 Å². The number of esters is 1. The largest absolute Gasteiger partial charge is 0.465 e. The van der Waals surface area contributed by atoms with Crippen molar-refractivity contribution in [2.24, 2.45) is 0 Å². The molecular formula is C11H12ClNO3. The van der Waals surface area contributed by atoms with Crippen LogP contribution in [-0.2, 0) is 11.2 Å². The number of carbonyl (C=O) groups excluding carboxylic acids is 1. The van der Waals surface area contributed by atoms with Gasteiger partial charge in [-0.1, -0.05) is 6.07 Å². The summed E-state index contributed by atoms with van der Waals surface area (Å²) >= 11 is 5.56. The standard InChI is InChI=1S/C11H12ClNO3/c1-16-11(15)6-2-3-8-7(4-6)5-9(14)10(8)13-12/h2-4,9-10,13-14H,5H2,1H3/t9-,10+/m0/s1. The molecule has 0 unspecified atom stereocenters. The van der Waals surface area contributed by atoms with Gasteiger partial charge in [-0.15, -0.1) is 0 Å². The number of aliphatic hydroxyl groups excluding tert-OH is 1. The Hall–Kier alpha value is -1.10. The van der Waals surface area contributed by atoms with Crippen LogP contribution >= 0.6 is 11.8 Å². The molecule has 0 saturated carbocycles. The maximum atomic E-state index is 11.3. The summed E-state index contributed by atoms with van der Waals surface area (Å²) in [4.78, 5) is 13.9. The number of benzene rings is 1. The van der Waals surface area contributed by atoms with Crippen LogP contribution in [0.15, 0.2) is 18.2 Å². The van der Waals surface area contributed by atoms with Crippen LogP contribution in [-0.4, -0.2) is 24.3 Å². The molecule has 1 aromatic rings. The van der Waals surface area contributed by atoms with E-state index in [4.69, 9.17) is 11.8 Å². The van der Waals surface area contributed by atoms with E-state index in [1.807, 2.05) is 0 Å². The molecule has 0 aromatic heterocycles. The summed E-state index contributed by atoms with van der Waals surface area (Å²) < 4.78 is 4.63. The van der Waals surface area contributed by atoms with Gasteiger partial charge < -0.3 is 9.84 Å². The van der Waals surface area contributed by atoms with E-state index in [2.05, 4.69) is 9.57 Å². The minimum Gasteiger partial charge on any atom is -0.465 e. The minimum absolute atomic E-state index is 0.275. The Bertz CT molecular complexity index is 422. The normalized spacial score (nSPS) is 22.9. The molecular weight excluding hydrogens is 230 g/mol. The van der Waals surface area contributed by atoms with Crippen molar-refractivity contribution in [3.63, 3.8) is 0 Å². The Morgan fingerprint density at radius 2 is 2.38 bits per heavy atom. The molecule has 0 bridgehead atoms. The Morgan fingerprint density at radius 1 is 1.62 bits per heavy atom. The first-order chi connectivity index (χ1) is 7.67. The van der Waals surface area contributed by atoms with Crippen LogP contribution in [0.4, 0.5) is 0 Å². The van der Waals surface area contributed by atoms with E-state index in [-0.39, 0.29) is 12.0 Å². The van der Waals surface area contributed by atoms with E-state index < -0.39 is 6.10 Å². The highest BCUT2D eigenvalue weighted by molar-refractivity contribution is 6.13. The highest BCUT2D eigenvalue weighted by atomic mass is 35.5. The molecule has 0 fully saturated rings. The van der Waals surface area contributed by atoms with E-state index >= 15 is 0 Å². The maximum Gasteiger partial charge on any atom is 0.337 e. The SMILES string of the molecule is COC(=O)c1ccc2c(c1)C[C@H](O)[C@@H]2NCl. The molecule has 0 radical (unpaired) electrons. The van der Waals surface area contributed by atoms with Crippen LogP contribution in [0.2, 0.25) is 0 Å². The van der Waals surface area contributed by atoms with Crippen molar-refractivity contribution in [2.45, 2.75) is 18.6 Å². The van der Waals surface area contributed by atoms with Crippen molar-refractivity contribution in [3.05, 3.63) is 34.9 Å². The number of hydrogen-bond acceptors (Lipinski definition) is 4. The van der Waals surface area contributed by atoms with Gasteiger partial charge in [-0.3, -0.25) is 0 Å². The quantitative estimate of drug-likeness (QED) is 0.603. The fourth-order valence-electron chi connectivity index (χ4n) is 2.01. The number of carbonyl (C=O) groups is 1. The van der Waals surface area contributed by atoms with Gasteiger partial charge in [0, 0.05) is 6.42 Å². The van der Waals surface area contributed by atoms with Crippen molar-refractivity contribution in [1.82, 2.24) is 4.84 Å². The molecule has 16 heavy (non-hydrogen) atoms. The summed E-state index contributed by atoms with van der Waals surface area (Å²) in [5.41, 5.74) is 2.34. The van der Waals surface area contributed by atoms with Crippen LogP contribution in [0.5, 0.6) is 0 Å². The van der Waals surface area contributed by atoms with E-state index in [9.17, 15) is 9.90 Å². The fourth-order valence-corrected chi connectivity index (χ4v) is 2.28. The Labute approximate surface area is 98.3 Å². The predicted octanol–water partition coefficient (Wildman–Crippen LogP) is 1.17. The second-order valence-electron chi connectivity index (χ2n) is 3.76. The van der Waals surface area contributed by atoms with Gasteiger partial charge in [0.2, 0.25) is 0 Å². The molecule has 0 amide bonds. The number of methoxy groups -OCH3 is 1. The lowest BCUT2D eigenvalue weighted by molar-refractivity contribution is 0.0600. The Morgan fingerprint density at radius 3 is 3.00 bits per heavy atom. The summed E-state index contributed by atoms with van der Waals surface area (Å²) in [6.07, 6.45) is -0.0646. The number of rotatable bonds is 2. The van der Waals surface area contributed by atoms with Crippen molar-refractivity contribution in [1.29, 1.82) is 0 Å². The predicted molar refractivity (Wildman–Crippen MR) is 59.2 cm³/mol. The summed E-state index contributed by atoms with van der Waals surface area (Å²) in [6.45, 7) is 0. The number of fused-ring (bicyclic) bond motifs is 1. The lowest BCUT2D eigenvalue weighted by Gasteiger charge is -2.12. The number of hydrogen-bond donors (Lipinski definition) is 2. The second-order valence-corrected chi connectivity index (χ2v) is 3.98. The topological polar surface area (TPSA) is 58.6 Å². The van der Waals surface area contributed by atoms with Crippen molar-refractivity contribution in [2.75, 3.05) is 7.11 Å². The number of nitrogens with one attached hydrogen (secondary N) is 1. The molecule has 2 rings (SSSR count). The Balaban J connectivity index is 2.36. The Kier molecular flexibility index (Phi) is 3.14. The summed E-state index contributed by atoms with van der Waals surface area (Å²) in [6, 6.07) is 4.92. The molecule has 0 spiro atoms. The van der Waals surface area contributed by atoms with Crippen LogP contribution in [0.1, 0.15) is 27.5 Å². The molecule has 5 heteroatoms. The van der Waals surface area contributed by atoms with E-state index in [0.29, 0.717) is 12.0 Å². The summed E-state index contributed by atoms with van der Waals surface area (Å²) in [5, 5.41) is 9.73. The maximum absolute atomic E-state index is 11.3. The highest BCUT2D eigenvalue weighted by Gasteiger charge is 2.30. The van der Waals surface area contributed by atoms with Gasteiger partial charge in [0.15, 0.2) is 0 Å². The third kappa shape index (κ3) is 1.80. The molecule has 0 aliphatic heterocycles. The number of aliphatic hydroxyl groups is 1. The van der Waals surface area contributed by atoms with Gasteiger partial charge >= 0.3 is 5.97 Å². The number of halogens is 1. The first kappa shape index (κ1) is 11.4. The molecule has 4 nitrogen and oxygen atoms in total. The van der Waals surface area contributed by atoms with Gasteiger partial charge in [0.1, 0.15) is 0 Å². The van der Waals surface area contributed by atoms with Gasteiger partial charge in [-0.2, -0.15) is 0 Å². The average molecular weight is 242 g/mol. The third-order valence-electron chi connectivity index (χ3n) is 2.83. The molecule has 2 atom stereocenters. The number of ether oxygens (including phenoxy) is 1. The highest BCUT2D eigenvalue weighted by Crippen LogP contribution is 2.32. The lowest BCUT2D eigenvalue weighted by Crippen LogP contribution is -2.21. The van der Waals surface area contributed by atoms with Crippen LogP contribution in [0.3, 0.4) is 0 Å². The van der Waals surface area contributed by atoms with Crippen molar-refractivity contribution in [3.8, 4) is 0 Å². The molecule has 2 N–H and O–H groups in total. The molecule has 0 saturated heterocycles. The lowest BCUT2D eigenvalue weighted by atomic mass is 10.1. The molecule has 1 aliphatic carbocycles. The van der Waals surface area contributed by atoms with Gasteiger partial charge in [-0.25, -0.2) is 9.63 Å². The van der Waals surface area contributed by atoms with Crippen molar-refractivity contribution >= 4 is 17.7 Å². The van der Waals surface area contributed by atoms with E-state index in [1.165, 1.54) is 7.11 Å². The van der Waals surface area contributed by atoms with Gasteiger partial charge in [0.05, 0.1) is 24.8 Å². The van der Waals surface area contributed by atoms with Crippen molar-refractivity contribution < 1.29 is 14.6 Å². The van der Waals surface area contributed by atoms with Gasteiger partial charge in [0.25, 0.3) is 0 Å². The molecule has 1 aromatic carbocycles. The zero-order valence-corrected chi connectivity index (χ0v) is 9.49. The van der Waals surface area contributed by atoms with Crippen LogP contribution in [0, 0.1) is 0 Å². The van der Waals surface area contributed by atoms with Gasteiger partial charge in [-0.05, 0) is 35.0 Å². The van der Waals surface area contributed by atoms with Crippen LogP contribution < -0.4 is 4.84 Å². The molecule has 0 heterocycles. The zero-order chi connectivity index (χ0) is 11.7.